The molecule has 1 saturated heterocycles. The van der Waals surface area contributed by atoms with Gasteiger partial charge in [-0.3, -0.25) is 4.79 Å². The second-order valence-electron chi connectivity index (χ2n) is 8.92. The van der Waals surface area contributed by atoms with Crippen molar-refractivity contribution in [2.24, 2.45) is 0 Å². The van der Waals surface area contributed by atoms with Crippen LogP contribution < -0.4 is 10.6 Å². The van der Waals surface area contributed by atoms with Gasteiger partial charge in [-0.1, -0.05) is 54.9 Å². The standard InChI is InChI=1S/C28H38ClN3O5/c1-4-20-8-5-9-21(18-20)26-22(10-6-11-23(26)29)27(37-16-14-31-28(34)35-3)24-19-32(15-17-36-24)25(33)12-7-13-30-2/h5-6,8-11,18,24,27,30H,4,7,12-17,19H2,1-3H3,(H,31,34). The monoisotopic (exact) mass is 531 g/mol. The van der Waals surface area contributed by atoms with Gasteiger partial charge in [-0.25, -0.2) is 4.79 Å². The fraction of sp³-hybridized carbons (Fsp3) is 0.500. The highest BCUT2D eigenvalue weighted by atomic mass is 35.5. The minimum Gasteiger partial charge on any atom is -0.453 e. The van der Waals surface area contributed by atoms with E-state index in [2.05, 4.69) is 34.4 Å². The van der Waals surface area contributed by atoms with Gasteiger partial charge in [-0.05, 0) is 49.2 Å². The van der Waals surface area contributed by atoms with Gasteiger partial charge < -0.3 is 29.7 Å². The van der Waals surface area contributed by atoms with Crippen LogP contribution in [0, 0.1) is 0 Å². The summed E-state index contributed by atoms with van der Waals surface area (Å²) in [4.78, 5) is 26.3. The molecule has 1 heterocycles. The van der Waals surface area contributed by atoms with Crippen molar-refractivity contribution in [3.63, 3.8) is 0 Å². The maximum absolute atomic E-state index is 12.9. The van der Waals surface area contributed by atoms with Gasteiger partial charge in [0.1, 0.15) is 12.2 Å². The Labute approximate surface area is 224 Å². The second kappa shape index (κ2) is 14.9. The number of morpholine rings is 1. The molecule has 0 bridgehead atoms. The van der Waals surface area contributed by atoms with E-state index in [-0.39, 0.29) is 19.1 Å². The van der Waals surface area contributed by atoms with Gasteiger partial charge in [0, 0.05) is 36.6 Å². The fourth-order valence-corrected chi connectivity index (χ4v) is 4.79. The first-order chi connectivity index (χ1) is 18.0. The maximum atomic E-state index is 12.9. The van der Waals surface area contributed by atoms with Crippen molar-refractivity contribution in [2.75, 3.05) is 53.6 Å². The number of hydrogen-bond acceptors (Lipinski definition) is 6. The van der Waals surface area contributed by atoms with Crippen molar-refractivity contribution in [1.82, 2.24) is 15.5 Å². The molecular weight excluding hydrogens is 494 g/mol. The fourth-order valence-electron chi connectivity index (χ4n) is 4.50. The SMILES string of the molecule is CCc1cccc(-c2c(Cl)cccc2C(OCCNC(=O)OC)C2CN(C(=O)CCCNC)CCO2)c1. The molecule has 0 aromatic heterocycles. The number of rotatable bonds is 12. The molecule has 3 rings (SSSR count). The number of ether oxygens (including phenoxy) is 3. The van der Waals surface area contributed by atoms with E-state index in [9.17, 15) is 9.59 Å². The predicted molar refractivity (Wildman–Crippen MR) is 145 cm³/mol. The van der Waals surface area contributed by atoms with Crippen molar-refractivity contribution in [2.45, 2.75) is 38.4 Å². The summed E-state index contributed by atoms with van der Waals surface area (Å²) >= 11 is 6.77. The van der Waals surface area contributed by atoms with E-state index >= 15 is 0 Å². The number of methoxy groups -OCH3 is 1. The summed E-state index contributed by atoms with van der Waals surface area (Å²) in [6, 6.07) is 14.1. The largest absolute Gasteiger partial charge is 0.453 e. The number of carbonyl (C=O) groups excluding carboxylic acids is 2. The number of alkyl carbamates (subject to hydrolysis) is 1. The first-order valence-electron chi connectivity index (χ1n) is 12.8. The first-order valence-corrected chi connectivity index (χ1v) is 13.2. The number of amides is 2. The molecule has 0 radical (unpaired) electrons. The van der Waals surface area contributed by atoms with E-state index in [4.69, 9.17) is 21.1 Å². The lowest BCUT2D eigenvalue weighted by Gasteiger charge is -2.38. The Bertz CT molecular complexity index is 1030. The van der Waals surface area contributed by atoms with Crippen LogP contribution in [0.25, 0.3) is 11.1 Å². The molecule has 9 heteroatoms. The highest BCUT2D eigenvalue weighted by Crippen LogP contribution is 2.39. The van der Waals surface area contributed by atoms with Gasteiger partial charge in [-0.2, -0.15) is 0 Å². The number of nitrogens with one attached hydrogen (secondary N) is 2. The van der Waals surface area contributed by atoms with E-state index in [0.29, 0.717) is 31.1 Å². The number of benzene rings is 2. The summed E-state index contributed by atoms with van der Waals surface area (Å²) in [5.41, 5.74) is 3.96. The summed E-state index contributed by atoms with van der Waals surface area (Å²) in [6.45, 7) is 4.79. The lowest BCUT2D eigenvalue weighted by molar-refractivity contribution is -0.148. The molecule has 2 N–H and O–H groups in total. The van der Waals surface area contributed by atoms with Crippen LogP contribution in [0.4, 0.5) is 4.79 Å². The van der Waals surface area contributed by atoms with Gasteiger partial charge in [-0.15, -0.1) is 0 Å². The Morgan fingerprint density at radius 2 is 2.03 bits per heavy atom. The molecule has 2 atom stereocenters. The predicted octanol–water partition coefficient (Wildman–Crippen LogP) is 4.21. The minimum atomic E-state index is -0.521. The van der Waals surface area contributed by atoms with Crippen LogP contribution in [0.5, 0.6) is 0 Å². The quantitative estimate of drug-likeness (QED) is 0.399. The molecular formula is C28H38ClN3O5. The van der Waals surface area contributed by atoms with Gasteiger partial charge in [0.25, 0.3) is 0 Å². The smallest absolute Gasteiger partial charge is 0.406 e. The molecule has 2 unspecified atom stereocenters. The van der Waals surface area contributed by atoms with E-state index in [1.807, 2.05) is 42.3 Å². The number of hydrogen-bond donors (Lipinski definition) is 2. The van der Waals surface area contributed by atoms with E-state index in [0.717, 1.165) is 36.1 Å². The molecule has 1 fully saturated rings. The summed E-state index contributed by atoms with van der Waals surface area (Å²) in [7, 11) is 3.20. The summed E-state index contributed by atoms with van der Waals surface area (Å²) in [6.07, 6.45) is 0.741. The number of nitrogens with zero attached hydrogens (tertiary/aromatic N) is 1. The van der Waals surface area contributed by atoms with Crippen molar-refractivity contribution in [1.29, 1.82) is 0 Å². The molecule has 2 amide bonds. The van der Waals surface area contributed by atoms with Gasteiger partial charge in [0.2, 0.25) is 5.91 Å². The molecule has 0 spiro atoms. The summed E-state index contributed by atoms with van der Waals surface area (Å²) in [5.74, 6) is 0.108. The van der Waals surface area contributed by atoms with Gasteiger partial charge >= 0.3 is 6.09 Å². The summed E-state index contributed by atoms with van der Waals surface area (Å²) in [5, 5.41) is 6.34. The highest BCUT2D eigenvalue weighted by molar-refractivity contribution is 6.33. The van der Waals surface area contributed by atoms with Crippen LogP contribution in [0.1, 0.15) is 37.0 Å². The van der Waals surface area contributed by atoms with Gasteiger partial charge in [0.15, 0.2) is 0 Å². The van der Waals surface area contributed by atoms with Crippen molar-refractivity contribution >= 4 is 23.6 Å². The average molecular weight is 532 g/mol. The van der Waals surface area contributed by atoms with Crippen molar-refractivity contribution < 1.29 is 23.8 Å². The normalized spacial score (nSPS) is 16.3. The number of halogens is 1. The maximum Gasteiger partial charge on any atom is 0.406 e. The zero-order chi connectivity index (χ0) is 26.6. The number of aryl methyl sites for hydroxylation is 1. The van der Waals surface area contributed by atoms with Crippen LogP contribution in [-0.4, -0.2) is 76.6 Å². The Hall–Kier alpha value is -2.65. The lowest BCUT2D eigenvalue weighted by atomic mass is 9.92. The van der Waals surface area contributed by atoms with Crippen LogP contribution in [-0.2, 0) is 25.4 Å². The van der Waals surface area contributed by atoms with Crippen LogP contribution in [0.3, 0.4) is 0 Å². The lowest BCUT2D eigenvalue weighted by Crippen LogP contribution is -2.48. The van der Waals surface area contributed by atoms with E-state index < -0.39 is 18.3 Å². The third kappa shape index (κ3) is 8.17. The molecule has 1 aliphatic rings. The van der Waals surface area contributed by atoms with Crippen molar-refractivity contribution in [3.8, 4) is 11.1 Å². The first kappa shape index (κ1) is 28.9. The third-order valence-electron chi connectivity index (χ3n) is 6.43. The Kier molecular flexibility index (Phi) is 11.7. The number of carbonyl (C=O) groups is 2. The van der Waals surface area contributed by atoms with Crippen molar-refractivity contribution in [3.05, 3.63) is 58.6 Å². The Balaban J connectivity index is 1.90. The van der Waals surface area contributed by atoms with E-state index in [1.165, 1.54) is 12.7 Å². The topological polar surface area (TPSA) is 89.1 Å². The molecule has 202 valence electrons. The molecule has 2 aromatic carbocycles. The zero-order valence-corrected chi connectivity index (χ0v) is 22.7. The van der Waals surface area contributed by atoms with Crippen LogP contribution in [0.15, 0.2) is 42.5 Å². The molecule has 37 heavy (non-hydrogen) atoms. The van der Waals surface area contributed by atoms with E-state index in [1.54, 1.807) is 0 Å². The molecule has 0 aliphatic carbocycles. The Morgan fingerprint density at radius 3 is 2.78 bits per heavy atom. The Morgan fingerprint density at radius 1 is 1.22 bits per heavy atom. The van der Waals surface area contributed by atoms with Crippen LogP contribution in [0.2, 0.25) is 5.02 Å². The average Bonchev–Trinajstić information content (AvgIpc) is 2.93. The second-order valence-corrected chi connectivity index (χ2v) is 9.33. The van der Waals surface area contributed by atoms with Crippen LogP contribution >= 0.6 is 11.6 Å². The zero-order valence-electron chi connectivity index (χ0n) is 21.9. The van der Waals surface area contributed by atoms with Gasteiger partial charge in [0.05, 0.1) is 20.3 Å². The highest BCUT2D eigenvalue weighted by Gasteiger charge is 2.34. The molecule has 1 aliphatic heterocycles. The molecule has 8 nitrogen and oxygen atoms in total. The minimum absolute atomic E-state index is 0.108. The molecule has 0 saturated carbocycles. The summed E-state index contributed by atoms with van der Waals surface area (Å²) < 4.78 is 17.2. The molecule has 2 aromatic rings. The third-order valence-corrected chi connectivity index (χ3v) is 6.75.